The Hall–Kier alpha value is -0.370. The van der Waals surface area contributed by atoms with Crippen LogP contribution < -0.4 is 0 Å². The standard InChI is InChI=1S/C11H19NS/c1-5-11(3,4)7-6-10-8-13-9(2)12-10/h8H,5-7H2,1-4H3. The number of rotatable bonds is 4. The summed E-state index contributed by atoms with van der Waals surface area (Å²) in [4.78, 5) is 4.47. The Morgan fingerprint density at radius 1 is 1.46 bits per heavy atom. The minimum absolute atomic E-state index is 0.470. The van der Waals surface area contributed by atoms with E-state index in [4.69, 9.17) is 0 Å². The highest BCUT2D eigenvalue weighted by atomic mass is 32.1. The molecule has 0 atom stereocenters. The first-order valence-corrected chi connectivity index (χ1v) is 5.82. The van der Waals surface area contributed by atoms with Crippen LogP contribution in [0.15, 0.2) is 5.38 Å². The number of nitrogens with zero attached hydrogens (tertiary/aromatic N) is 1. The molecular weight excluding hydrogens is 178 g/mol. The van der Waals surface area contributed by atoms with Crippen molar-refractivity contribution in [2.24, 2.45) is 5.41 Å². The summed E-state index contributed by atoms with van der Waals surface area (Å²) in [5, 5.41) is 3.37. The van der Waals surface area contributed by atoms with Gasteiger partial charge in [-0.05, 0) is 25.2 Å². The molecule has 0 aromatic carbocycles. The summed E-state index contributed by atoms with van der Waals surface area (Å²) in [7, 11) is 0. The van der Waals surface area contributed by atoms with Crippen molar-refractivity contribution in [1.82, 2.24) is 4.98 Å². The van der Waals surface area contributed by atoms with Gasteiger partial charge < -0.3 is 0 Å². The SMILES string of the molecule is CCC(C)(C)CCc1csc(C)n1. The first kappa shape index (κ1) is 10.7. The van der Waals surface area contributed by atoms with Crippen molar-refractivity contribution in [2.75, 3.05) is 0 Å². The highest BCUT2D eigenvalue weighted by molar-refractivity contribution is 7.09. The van der Waals surface area contributed by atoms with Crippen molar-refractivity contribution in [3.63, 3.8) is 0 Å². The van der Waals surface area contributed by atoms with Crippen molar-refractivity contribution in [3.8, 4) is 0 Å². The molecule has 1 aromatic rings. The van der Waals surface area contributed by atoms with Gasteiger partial charge in [0.25, 0.3) is 0 Å². The third-order valence-electron chi connectivity index (χ3n) is 2.68. The molecule has 0 fully saturated rings. The van der Waals surface area contributed by atoms with Crippen molar-refractivity contribution in [1.29, 1.82) is 0 Å². The van der Waals surface area contributed by atoms with E-state index in [1.165, 1.54) is 23.5 Å². The summed E-state index contributed by atoms with van der Waals surface area (Å²) < 4.78 is 0. The molecule has 0 aliphatic heterocycles. The molecule has 0 aliphatic carbocycles. The van der Waals surface area contributed by atoms with E-state index in [1.54, 1.807) is 11.3 Å². The molecule has 1 heterocycles. The summed E-state index contributed by atoms with van der Waals surface area (Å²) in [6, 6.07) is 0. The zero-order chi connectivity index (χ0) is 9.90. The van der Waals surface area contributed by atoms with Gasteiger partial charge in [-0.2, -0.15) is 0 Å². The first-order chi connectivity index (χ1) is 6.03. The van der Waals surface area contributed by atoms with Crippen molar-refractivity contribution < 1.29 is 0 Å². The Morgan fingerprint density at radius 2 is 2.15 bits per heavy atom. The maximum atomic E-state index is 4.47. The van der Waals surface area contributed by atoms with Gasteiger partial charge in [-0.3, -0.25) is 0 Å². The largest absolute Gasteiger partial charge is 0.247 e. The van der Waals surface area contributed by atoms with Crippen LogP contribution in [0.25, 0.3) is 0 Å². The predicted octanol–water partition coefficient (Wildman–Crippen LogP) is 3.82. The number of aryl methyl sites for hydroxylation is 2. The topological polar surface area (TPSA) is 12.9 Å². The van der Waals surface area contributed by atoms with Crippen LogP contribution in [0.5, 0.6) is 0 Å². The lowest BCUT2D eigenvalue weighted by molar-refractivity contribution is 0.321. The summed E-state index contributed by atoms with van der Waals surface area (Å²) in [6.07, 6.45) is 3.62. The molecule has 0 amide bonds. The Morgan fingerprint density at radius 3 is 2.62 bits per heavy atom. The Kier molecular flexibility index (Phi) is 3.48. The molecule has 0 saturated heterocycles. The van der Waals surface area contributed by atoms with E-state index >= 15 is 0 Å². The van der Waals surface area contributed by atoms with Gasteiger partial charge in [-0.15, -0.1) is 11.3 Å². The molecule has 1 aromatic heterocycles. The van der Waals surface area contributed by atoms with Gasteiger partial charge in [0.1, 0.15) is 0 Å². The molecule has 2 heteroatoms. The average Bonchev–Trinajstić information content (AvgIpc) is 2.48. The molecule has 0 spiro atoms. The monoisotopic (exact) mass is 197 g/mol. The molecule has 1 rings (SSSR count). The second-order valence-corrected chi connectivity index (χ2v) is 5.44. The van der Waals surface area contributed by atoms with Crippen LogP contribution in [0.1, 0.15) is 44.3 Å². The molecule has 13 heavy (non-hydrogen) atoms. The van der Waals surface area contributed by atoms with E-state index in [1.807, 2.05) is 0 Å². The second-order valence-electron chi connectivity index (χ2n) is 4.38. The summed E-state index contributed by atoms with van der Waals surface area (Å²) in [5.74, 6) is 0. The van der Waals surface area contributed by atoms with Crippen LogP contribution in [0, 0.1) is 12.3 Å². The highest BCUT2D eigenvalue weighted by Gasteiger charge is 2.15. The van der Waals surface area contributed by atoms with Crippen molar-refractivity contribution >= 4 is 11.3 Å². The van der Waals surface area contributed by atoms with E-state index in [2.05, 4.69) is 38.1 Å². The fraction of sp³-hybridized carbons (Fsp3) is 0.727. The molecule has 0 aliphatic rings. The average molecular weight is 197 g/mol. The van der Waals surface area contributed by atoms with Gasteiger partial charge in [-0.1, -0.05) is 27.2 Å². The Balaban J connectivity index is 2.43. The maximum Gasteiger partial charge on any atom is 0.0897 e. The third-order valence-corrected chi connectivity index (χ3v) is 3.50. The first-order valence-electron chi connectivity index (χ1n) is 4.94. The number of thiazole rings is 1. The minimum Gasteiger partial charge on any atom is -0.247 e. The van der Waals surface area contributed by atoms with E-state index < -0.39 is 0 Å². The summed E-state index contributed by atoms with van der Waals surface area (Å²) in [5.41, 5.74) is 1.74. The smallest absolute Gasteiger partial charge is 0.0897 e. The predicted molar refractivity (Wildman–Crippen MR) is 59.2 cm³/mol. The van der Waals surface area contributed by atoms with Crippen LogP contribution in [0.3, 0.4) is 0 Å². The minimum atomic E-state index is 0.470. The quantitative estimate of drug-likeness (QED) is 0.715. The lowest BCUT2D eigenvalue weighted by atomic mass is 9.85. The molecular formula is C11H19NS. The van der Waals surface area contributed by atoms with Crippen LogP contribution in [-0.2, 0) is 6.42 Å². The number of aromatic nitrogens is 1. The van der Waals surface area contributed by atoms with Crippen molar-refractivity contribution in [2.45, 2.75) is 47.0 Å². The van der Waals surface area contributed by atoms with E-state index in [0.29, 0.717) is 5.41 Å². The lowest BCUT2D eigenvalue weighted by Gasteiger charge is -2.21. The number of hydrogen-bond acceptors (Lipinski definition) is 2. The normalized spacial score (nSPS) is 12.0. The van der Waals surface area contributed by atoms with Crippen LogP contribution in [-0.4, -0.2) is 4.98 Å². The molecule has 74 valence electrons. The van der Waals surface area contributed by atoms with Gasteiger partial charge in [0.05, 0.1) is 10.7 Å². The van der Waals surface area contributed by atoms with E-state index in [-0.39, 0.29) is 0 Å². The molecule has 0 unspecified atom stereocenters. The summed E-state index contributed by atoms with van der Waals surface area (Å²) >= 11 is 1.75. The van der Waals surface area contributed by atoms with Crippen LogP contribution in [0.4, 0.5) is 0 Å². The maximum absolute atomic E-state index is 4.47. The number of hydrogen-bond donors (Lipinski definition) is 0. The molecule has 0 bridgehead atoms. The van der Waals surface area contributed by atoms with E-state index in [9.17, 15) is 0 Å². The molecule has 1 nitrogen and oxygen atoms in total. The Labute approximate surface area is 85.2 Å². The van der Waals surface area contributed by atoms with Crippen LogP contribution in [0.2, 0.25) is 0 Å². The Bertz CT molecular complexity index is 263. The molecule has 0 saturated carbocycles. The van der Waals surface area contributed by atoms with Gasteiger partial charge in [0.2, 0.25) is 0 Å². The molecule has 0 N–H and O–H groups in total. The molecule has 0 radical (unpaired) electrons. The second kappa shape index (κ2) is 4.23. The van der Waals surface area contributed by atoms with Gasteiger partial charge in [-0.25, -0.2) is 4.98 Å². The van der Waals surface area contributed by atoms with E-state index in [0.717, 1.165) is 6.42 Å². The van der Waals surface area contributed by atoms with Gasteiger partial charge in [0.15, 0.2) is 0 Å². The fourth-order valence-electron chi connectivity index (χ4n) is 1.17. The lowest BCUT2D eigenvalue weighted by Crippen LogP contribution is -2.10. The zero-order valence-electron chi connectivity index (χ0n) is 9.05. The highest BCUT2D eigenvalue weighted by Crippen LogP contribution is 2.26. The van der Waals surface area contributed by atoms with Gasteiger partial charge >= 0.3 is 0 Å². The van der Waals surface area contributed by atoms with Crippen molar-refractivity contribution in [3.05, 3.63) is 16.1 Å². The van der Waals surface area contributed by atoms with Gasteiger partial charge in [0, 0.05) is 5.38 Å². The van der Waals surface area contributed by atoms with Crippen LogP contribution >= 0.6 is 11.3 Å². The fourth-order valence-corrected chi connectivity index (χ4v) is 1.81. The zero-order valence-corrected chi connectivity index (χ0v) is 9.87. The summed E-state index contributed by atoms with van der Waals surface area (Å²) in [6.45, 7) is 8.98. The third kappa shape index (κ3) is 3.47.